The number of nitrogens with zero attached hydrogens (tertiary/aromatic N) is 1. The SMILES string of the molecule is CCOC(=O)C1=C(CN2C(=O)c3ccccc3S2(=O)=O)NC(=O)NC1c1ccc(Cl)cc1. The van der Waals surface area contributed by atoms with Crippen molar-refractivity contribution in [1.29, 1.82) is 0 Å². The van der Waals surface area contributed by atoms with Crippen LogP contribution in [0.4, 0.5) is 4.79 Å². The fraction of sp³-hybridized carbons (Fsp3) is 0.190. The topological polar surface area (TPSA) is 122 Å². The lowest BCUT2D eigenvalue weighted by atomic mass is 9.95. The van der Waals surface area contributed by atoms with Crippen LogP contribution in [0.25, 0.3) is 0 Å². The van der Waals surface area contributed by atoms with E-state index in [2.05, 4.69) is 10.6 Å². The van der Waals surface area contributed by atoms with Crippen LogP contribution in [0.3, 0.4) is 0 Å². The second-order valence-corrected chi connectivity index (χ2v) is 9.28. The first-order chi connectivity index (χ1) is 15.2. The highest BCUT2D eigenvalue weighted by molar-refractivity contribution is 7.90. The van der Waals surface area contributed by atoms with Gasteiger partial charge >= 0.3 is 12.0 Å². The highest BCUT2D eigenvalue weighted by Gasteiger charge is 2.43. The van der Waals surface area contributed by atoms with Crippen LogP contribution in [-0.2, 0) is 19.6 Å². The van der Waals surface area contributed by atoms with Crippen molar-refractivity contribution in [2.75, 3.05) is 13.2 Å². The molecular formula is C21H18ClN3O6S. The molecule has 2 N–H and O–H groups in total. The van der Waals surface area contributed by atoms with E-state index in [0.29, 0.717) is 14.9 Å². The number of esters is 1. The molecule has 0 saturated heterocycles. The Morgan fingerprint density at radius 2 is 1.81 bits per heavy atom. The molecule has 1 atom stereocenters. The number of urea groups is 1. The molecule has 2 aliphatic rings. The van der Waals surface area contributed by atoms with Crippen molar-refractivity contribution in [2.24, 2.45) is 0 Å². The predicted octanol–water partition coefficient (Wildman–Crippen LogP) is 2.36. The maximum absolute atomic E-state index is 13.0. The van der Waals surface area contributed by atoms with Gasteiger partial charge in [0.2, 0.25) is 0 Å². The quantitative estimate of drug-likeness (QED) is 0.640. The third-order valence-corrected chi connectivity index (χ3v) is 7.11. The normalized spacial score (nSPS) is 19.3. The number of rotatable bonds is 5. The molecule has 1 unspecified atom stereocenters. The molecule has 2 heterocycles. The van der Waals surface area contributed by atoms with Gasteiger partial charge in [0.1, 0.15) is 4.90 Å². The molecule has 4 rings (SSSR count). The number of amides is 3. The van der Waals surface area contributed by atoms with Crippen LogP contribution in [0, 0.1) is 0 Å². The van der Waals surface area contributed by atoms with E-state index in [1.807, 2.05) is 0 Å². The van der Waals surface area contributed by atoms with Crippen LogP contribution >= 0.6 is 11.6 Å². The summed E-state index contributed by atoms with van der Waals surface area (Å²) >= 11 is 5.95. The summed E-state index contributed by atoms with van der Waals surface area (Å²) in [6.07, 6.45) is 0. The minimum atomic E-state index is -4.15. The number of ether oxygens (including phenoxy) is 1. The second kappa shape index (κ2) is 8.29. The van der Waals surface area contributed by atoms with Gasteiger partial charge in [0, 0.05) is 5.02 Å². The van der Waals surface area contributed by atoms with Gasteiger partial charge in [-0.05, 0) is 36.8 Å². The first kappa shape index (κ1) is 21.8. The highest BCUT2D eigenvalue weighted by Crippen LogP contribution is 2.33. The van der Waals surface area contributed by atoms with E-state index in [0.717, 1.165) is 0 Å². The lowest BCUT2D eigenvalue weighted by molar-refractivity contribution is -0.139. The lowest BCUT2D eigenvalue weighted by Crippen LogP contribution is -2.49. The molecule has 2 aromatic rings. The average Bonchev–Trinajstić information content (AvgIpc) is 2.95. The Morgan fingerprint density at radius 1 is 1.12 bits per heavy atom. The summed E-state index contributed by atoms with van der Waals surface area (Å²) in [5, 5.41) is 5.57. The summed E-state index contributed by atoms with van der Waals surface area (Å²) in [7, 11) is -4.15. The van der Waals surface area contributed by atoms with Gasteiger partial charge in [-0.1, -0.05) is 35.9 Å². The zero-order chi connectivity index (χ0) is 23.0. The van der Waals surface area contributed by atoms with E-state index in [-0.39, 0.29) is 28.3 Å². The van der Waals surface area contributed by atoms with E-state index < -0.39 is 40.5 Å². The first-order valence-electron chi connectivity index (χ1n) is 9.63. The largest absolute Gasteiger partial charge is 0.463 e. The molecule has 2 aliphatic heterocycles. The summed E-state index contributed by atoms with van der Waals surface area (Å²) in [5.74, 6) is -1.50. The fourth-order valence-electron chi connectivity index (χ4n) is 3.63. The van der Waals surface area contributed by atoms with Crippen molar-refractivity contribution in [3.63, 3.8) is 0 Å². The summed E-state index contributed by atoms with van der Waals surface area (Å²) in [5.41, 5.74) is 0.508. The number of benzene rings is 2. The molecule has 32 heavy (non-hydrogen) atoms. The van der Waals surface area contributed by atoms with E-state index in [9.17, 15) is 22.8 Å². The molecule has 2 aromatic carbocycles. The Hall–Kier alpha value is -3.37. The molecule has 0 aliphatic carbocycles. The number of fused-ring (bicyclic) bond motifs is 1. The van der Waals surface area contributed by atoms with Gasteiger partial charge in [0.15, 0.2) is 0 Å². The van der Waals surface area contributed by atoms with E-state index >= 15 is 0 Å². The Kier molecular flexibility index (Phi) is 5.66. The van der Waals surface area contributed by atoms with Crippen LogP contribution in [0.15, 0.2) is 64.7 Å². The van der Waals surface area contributed by atoms with Crippen LogP contribution in [0.1, 0.15) is 28.9 Å². The highest BCUT2D eigenvalue weighted by atomic mass is 35.5. The minimum Gasteiger partial charge on any atom is -0.463 e. The van der Waals surface area contributed by atoms with Crippen molar-refractivity contribution in [2.45, 2.75) is 17.9 Å². The van der Waals surface area contributed by atoms with Crippen molar-refractivity contribution in [3.8, 4) is 0 Å². The molecule has 9 nitrogen and oxygen atoms in total. The molecule has 11 heteroatoms. The number of carbonyl (C=O) groups excluding carboxylic acids is 3. The van der Waals surface area contributed by atoms with Crippen molar-refractivity contribution >= 4 is 39.5 Å². The van der Waals surface area contributed by atoms with Gasteiger partial charge in [-0.3, -0.25) is 4.79 Å². The van der Waals surface area contributed by atoms with Crippen molar-refractivity contribution in [3.05, 3.63) is 76.0 Å². The lowest BCUT2D eigenvalue weighted by Gasteiger charge is -2.30. The third-order valence-electron chi connectivity index (χ3n) is 5.07. The van der Waals surface area contributed by atoms with Crippen LogP contribution in [0.5, 0.6) is 0 Å². The zero-order valence-electron chi connectivity index (χ0n) is 16.8. The summed E-state index contributed by atoms with van der Waals surface area (Å²) in [6.45, 7) is 1.14. The predicted molar refractivity (Wildman–Crippen MR) is 114 cm³/mol. The van der Waals surface area contributed by atoms with Gasteiger partial charge in [-0.25, -0.2) is 22.3 Å². The number of halogens is 1. The summed E-state index contributed by atoms with van der Waals surface area (Å²) < 4.78 is 31.7. The van der Waals surface area contributed by atoms with Gasteiger partial charge in [-0.15, -0.1) is 0 Å². The Morgan fingerprint density at radius 3 is 2.47 bits per heavy atom. The standard InChI is InChI=1S/C21H18ClN3O6S/c1-2-31-20(27)17-15(23-21(28)24-18(17)12-7-9-13(22)10-8-12)11-25-19(26)14-5-3-4-6-16(14)32(25,29)30/h3-10,18H,2,11H2,1H3,(H2,23,24,28). The molecule has 3 amide bonds. The van der Waals surface area contributed by atoms with E-state index in [1.165, 1.54) is 18.2 Å². The zero-order valence-corrected chi connectivity index (χ0v) is 18.4. The van der Waals surface area contributed by atoms with Gasteiger partial charge in [-0.2, -0.15) is 0 Å². The van der Waals surface area contributed by atoms with Gasteiger partial charge < -0.3 is 15.4 Å². The van der Waals surface area contributed by atoms with Crippen molar-refractivity contribution < 1.29 is 27.5 Å². The first-order valence-corrected chi connectivity index (χ1v) is 11.4. The van der Waals surface area contributed by atoms with Crippen LogP contribution in [0.2, 0.25) is 5.02 Å². The van der Waals surface area contributed by atoms with Crippen molar-refractivity contribution in [1.82, 2.24) is 14.9 Å². The third kappa shape index (κ3) is 3.71. The fourth-order valence-corrected chi connectivity index (χ4v) is 5.29. The van der Waals surface area contributed by atoms with E-state index in [1.54, 1.807) is 37.3 Å². The molecule has 166 valence electrons. The van der Waals surface area contributed by atoms with Gasteiger partial charge in [0.05, 0.1) is 36.0 Å². The number of hydrogen-bond acceptors (Lipinski definition) is 6. The minimum absolute atomic E-state index is 0.00673. The molecule has 0 bridgehead atoms. The molecular weight excluding hydrogens is 458 g/mol. The van der Waals surface area contributed by atoms with Crippen LogP contribution in [-0.4, -0.2) is 43.8 Å². The summed E-state index contributed by atoms with van der Waals surface area (Å²) in [6, 6.07) is 10.7. The molecule has 0 aromatic heterocycles. The Balaban J connectivity index is 1.81. The molecule has 0 spiro atoms. The number of sulfonamides is 1. The number of nitrogens with one attached hydrogen (secondary N) is 2. The Labute approximate surface area is 189 Å². The number of hydrogen-bond donors (Lipinski definition) is 2. The average molecular weight is 476 g/mol. The van der Waals surface area contributed by atoms with Gasteiger partial charge in [0.25, 0.3) is 15.9 Å². The smallest absolute Gasteiger partial charge is 0.338 e. The van der Waals surface area contributed by atoms with E-state index in [4.69, 9.17) is 16.3 Å². The molecule has 0 radical (unpaired) electrons. The summed E-state index contributed by atoms with van der Waals surface area (Å²) in [4.78, 5) is 37.9. The van der Waals surface area contributed by atoms with Crippen LogP contribution < -0.4 is 10.6 Å². The Bertz CT molecular complexity index is 1260. The molecule has 0 saturated carbocycles. The monoisotopic (exact) mass is 475 g/mol. The molecule has 0 fully saturated rings. The second-order valence-electron chi connectivity index (χ2n) is 7.01. The maximum atomic E-state index is 13.0. The maximum Gasteiger partial charge on any atom is 0.338 e. The number of carbonyl (C=O) groups is 3.